The third kappa shape index (κ3) is 39.3. The van der Waals surface area contributed by atoms with Crippen LogP contribution in [0.25, 0.3) is 0 Å². The van der Waals surface area contributed by atoms with E-state index in [0.29, 0.717) is 17.4 Å². The molecule has 318 valence electrons. The Balaban J connectivity index is 4.52. The van der Waals surface area contributed by atoms with Gasteiger partial charge in [0, 0.05) is 12.8 Å². The number of nitrogens with zero attached hydrogens (tertiary/aromatic N) is 1. The molecule has 0 aliphatic carbocycles. The number of ether oxygens (including phenoxy) is 4. The quantitative estimate of drug-likeness (QED) is 0.0200. The monoisotopic (exact) mass is 776 g/mol. The smallest absolute Gasteiger partial charge is 0.306 e. The molecule has 0 bridgehead atoms. The highest BCUT2D eigenvalue weighted by molar-refractivity contribution is 5.70. The number of likely N-dealkylation sites (N-methyl/N-ethyl adjacent to an activating group) is 1. The maximum absolute atomic E-state index is 12.7. The molecular weight excluding hydrogens is 695 g/mol. The second-order valence-electron chi connectivity index (χ2n) is 15.6. The average molecular weight is 776 g/mol. The molecule has 0 aliphatic rings. The highest BCUT2D eigenvalue weighted by atomic mass is 16.7. The lowest BCUT2D eigenvalue weighted by Gasteiger charge is -2.26. The van der Waals surface area contributed by atoms with Crippen LogP contribution in [0.4, 0.5) is 0 Å². The second-order valence-corrected chi connectivity index (χ2v) is 15.6. The van der Waals surface area contributed by atoms with Crippen molar-refractivity contribution < 1.29 is 42.9 Å². The van der Waals surface area contributed by atoms with Crippen molar-refractivity contribution in [2.24, 2.45) is 0 Å². The predicted molar refractivity (Wildman–Crippen MR) is 223 cm³/mol. The summed E-state index contributed by atoms with van der Waals surface area (Å²) in [6.07, 6.45) is 39.9. The summed E-state index contributed by atoms with van der Waals surface area (Å²) in [6, 6.07) is 0. The molecule has 0 aromatic rings. The number of hydrogen-bond acceptors (Lipinski definition) is 8. The Morgan fingerprint density at radius 2 is 1.00 bits per heavy atom. The largest absolute Gasteiger partial charge is 0.545 e. The van der Waals surface area contributed by atoms with E-state index < -0.39 is 24.3 Å². The first-order valence-electron chi connectivity index (χ1n) is 21.8. The molecule has 0 aromatic carbocycles. The molecule has 0 heterocycles. The number of allylic oxidation sites excluding steroid dienone is 8. The Labute approximate surface area is 336 Å². The molecule has 0 spiro atoms. The summed E-state index contributed by atoms with van der Waals surface area (Å²) in [5.41, 5.74) is 0. The molecule has 55 heavy (non-hydrogen) atoms. The number of rotatable bonds is 39. The molecule has 0 radical (unpaired) electrons. The molecule has 0 aromatic heterocycles. The summed E-state index contributed by atoms with van der Waals surface area (Å²) in [4.78, 5) is 36.9. The summed E-state index contributed by atoms with van der Waals surface area (Å²) < 4.78 is 22.5. The average Bonchev–Trinajstić information content (AvgIpc) is 3.14. The van der Waals surface area contributed by atoms with Gasteiger partial charge in [0.15, 0.2) is 12.4 Å². The first kappa shape index (κ1) is 52.2. The molecule has 2 unspecified atom stereocenters. The van der Waals surface area contributed by atoms with Crippen LogP contribution in [0.1, 0.15) is 168 Å². The van der Waals surface area contributed by atoms with Gasteiger partial charge in [0.25, 0.3) is 0 Å². The van der Waals surface area contributed by atoms with Crippen LogP contribution >= 0.6 is 0 Å². The third-order valence-electron chi connectivity index (χ3n) is 9.05. The van der Waals surface area contributed by atoms with E-state index in [0.717, 1.165) is 89.9 Å². The summed E-state index contributed by atoms with van der Waals surface area (Å²) in [6.45, 7) is 4.63. The number of carbonyl (C=O) groups is 3. The van der Waals surface area contributed by atoms with E-state index in [1.54, 1.807) is 0 Å². The number of quaternary nitrogens is 1. The summed E-state index contributed by atoms with van der Waals surface area (Å²) in [7, 11) is 5.89. The van der Waals surface area contributed by atoms with Crippen molar-refractivity contribution in [1.82, 2.24) is 0 Å². The normalized spacial score (nSPS) is 13.4. The van der Waals surface area contributed by atoms with Crippen molar-refractivity contribution in [3.05, 3.63) is 48.6 Å². The molecule has 0 rings (SSSR count). The zero-order valence-electron chi connectivity index (χ0n) is 35.8. The molecule has 0 fully saturated rings. The Hall–Kier alpha value is -2.75. The van der Waals surface area contributed by atoms with E-state index in [1.807, 2.05) is 21.1 Å². The van der Waals surface area contributed by atoms with Gasteiger partial charge >= 0.3 is 11.9 Å². The zero-order chi connectivity index (χ0) is 40.7. The van der Waals surface area contributed by atoms with Gasteiger partial charge in [0.2, 0.25) is 0 Å². The standard InChI is InChI=1S/C46H81NO8/c1-6-8-10-12-14-16-18-20-22-23-25-27-29-31-33-35-37-44(49)55-42(41-54-46(45(50)51)52-39-38-47(3,4)5)40-53-43(48)36-34-32-30-28-26-24-21-19-17-15-13-11-9-7-2/h13,15-16,18-19,21-23,42,46H,6-12,14,17,20,24-41H2,1-5H3/b15-13-,18-16-,21-19-,23-22-. The third-order valence-corrected chi connectivity index (χ3v) is 9.05. The highest BCUT2D eigenvalue weighted by Crippen LogP contribution is 2.12. The van der Waals surface area contributed by atoms with Crippen LogP contribution in [-0.4, -0.2) is 82.3 Å². The van der Waals surface area contributed by atoms with E-state index in [1.165, 1.54) is 44.9 Å². The molecule has 9 nitrogen and oxygen atoms in total. The van der Waals surface area contributed by atoms with Crippen LogP contribution in [0.5, 0.6) is 0 Å². The van der Waals surface area contributed by atoms with Crippen molar-refractivity contribution in [1.29, 1.82) is 0 Å². The van der Waals surface area contributed by atoms with Gasteiger partial charge in [-0.2, -0.15) is 0 Å². The Morgan fingerprint density at radius 1 is 0.545 bits per heavy atom. The van der Waals surface area contributed by atoms with Gasteiger partial charge < -0.3 is 33.3 Å². The van der Waals surface area contributed by atoms with Crippen molar-refractivity contribution in [2.75, 3.05) is 47.5 Å². The van der Waals surface area contributed by atoms with Gasteiger partial charge in [-0.25, -0.2) is 0 Å². The Morgan fingerprint density at radius 3 is 1.49 bits per heavy atom. The number of unbranched alkanes of at least 4 members (excludes halogenated alkanes) is 16. The number of carboxylic acid groups (broad SMARTS) is 1. The minimum absolute atomic E-state index is 0.141. The first-order valence-corrected chi connectivity index (χ1v) is 21.8. The fraction of sp³-hybridized carbons (Fsp3) is 0.761. The van der Waals surface area contributed by atoms with Crippen molar-refractivity contribution in [3.8, 4) is 0 Å². The fourth-order valence-corrected chi connectivity index (χ4v) is 5.58. The Kier molecular flexibility index (Phi) is 36.2. The second kappa shape index (κ2) is 38.1. The molecule has 9 heteroatoms. The maximum atomic E-state index is 12.7. The van der Waals surface area contributed by atoms with E-state index in [9.17, 15) is 19.5 Å². The van der Waals surface area contributed by atoms with Gasteiger partial charge in [-0.05, 0) is 70.6 Å². The van der Waals surface area contributed by atoms with Gasteiger partial charge in [-0.1, -0.05) is 133 Å². The van der Waals surface area contributed by atoms with Gasteiger partial charge in [0.1, 0.15) is 13.2 Å². The minimum atomic E-state index is -1.63. The maximum Gasteiger partial charge on any atom is 0.306 e. The number of aliphatic carboxylic acids is 1. The molecule has 0 N–H and O–H groups in total. The number of carboxylic acids is 1. The van der Waals surface area contributed by atoms with Gasteiger partial charge in [0.05, 0.1) is 40.3 Å². The van der Waals surface area contributed by atoms with Crippen LogP contribution < -0.4 is 5.11 Å². The van der Waals surface area contributed by atoms with Crippen LogP contribution in [0.3, 0.4) is 0 Å². The summed E-state index contributed by atoms with van der Waals surface area (Å²) in [5, 5.41) is 11.7. The fourth-order valence-electron chi connectivity index (χ4n) is 5.58. The van der Waals surface area contributed by atoms with Crippen LogP contribution in [0, 0.1) is 0 Å². The lowest BCUT2D eigenvalue weighted by molar-refractivity contribution is -0.870. The van der Waals surface area contributed by atoms with Crippen LogP contribution in [0.15, 0.2) is 48.6 Å². The van der Waals surface area contributed by atoms with E-state index in [-0.39, 0.29) is 38.6 Å². The summed E-state index contributed by atoms with van der Waals surface area (Å²) >= 11 is 0. The van der Waals surface area contributed by atoms with E-state index in [4.69, 9.17) is 18.9 Å². The van der Waals surface area contributed by atoms with Crippen LogP contribution in [-0.2, 0) is 33.3 Å². The lowest BCUT2D eigenvalue weighted by Crippen LogP contribution is -2.44. The lowest BCUT2D eigenvalue weighted by atomic mass is 10.1. The highest BCUT2D eigenvalue weighted by Gasteiger charge is 2.21. The molecule has 0 saturated heterocycles. The minimum Gasteiger partial charge on any atom is -0.545 e. The first-order chi connectivity index (χ1) is 26.6. The van der Waals surface area contributed by atoms with E-state index in [2.05, 4.69) is 62.5 Å². The Bertz CT molecular complexity index is 1050. The zero-order valence-corrected chi connectivity index (χ0v) is 35.8. The molecule has 2 atom stereocenters. The molecule has 0 aliphatic heterocycles. The number of esters is 2. The summed E-state index contributed by atoms with van der Waals surface area (Å²) in [5.74, 6) is -2.33. The molecule has 0 saturated carbocycles. The van der Waals surface area contributed by atoms with Crippen molar-refractivity contribution in [3.63, 3.8) is 0 Å². The topological polar surface area (TPSA) is 111 Å². The number of carbonyl (C=O) groups excluding carboxylic acids is 3. The van der Waals surface area contributed by atoms with Crippen molar-refractivity contribution in [2.45, 2.75) is 180 Å². The number of hydrogen-bond donors (Lipinski definition) is 0. The predicted octanol–water partition coefficient (Wildman–Crippen LogP) is 9.88. The van der Waals surface area contributed by atoms with Crippen molar-refractivity contribution >= 4 is 17.9 Å². The van der Waals surface area contributed by atoms with E-state index >= 15 is 0 Å². The molecular formula is C46H81NO8. The molecule has 0 amide bonds. The SMILES string of the molecule is CCCC/C=C\C/C=C\CCCCCCCC(=O)OCC(COC(OCC[N+](C)(C)C)C(=O)[O-])OC(=O)CCCCCCC/C=C\C/C=C\CCCCCC. The van der Waals surface area contributed by atoms with Crippen LogP contribution in [0.2, 0.25) is 0 Å². The van der Waals surface area contributed by atoms with Gasteiger partial charge in [-0.15, -0.1) is 0 Å². The van der Waals surface area contributed by atoms with Gasteiger partial charge in [-0.3, -0.25) is 9.59 Å².